The fourth-order valence-electron chi connectivity index (χ4n) is 2.91. The van der Waals surface area contributed by atoms with Crippen molar-refractivity contribution in [1.29, 1.82) is 0 Å². The SMILES string of the molecule is CN=C(NCC1(C)COC1)NCC1(c2ccccc2Br)CC1. The Morgan fingerprint density at radius 1 is 1.23 bits per heavy atom. The molecular weight excluding hydrogens is 342 g/mol. The summed E-state index contributed by atoms with van der Waals surface area (Å²) in [5.74, 6) is 0.881. The topological polar surface area (TPSA) is 45.7 Å². The lowest BCUT2D eigenvalue weighted by atomic mass is 9.89. The molecular formula is C17H24BrN3O. The molecule has 1 saturated heterocycles. The lowest BCUT2D eigenvalue weighted by Crippen LogP contribution is -2.51. The van der Waals surface area contributed by atoms with Gasteiger partial charge >= 0.3 is 0 Å². The van der Waals surface area contributed by atoms with Crippen LogP contribution in [0.1, 0.15) is 25.3 Å². The molecule has 5 heteroatoms. The van der Waals surface area contributed by atoms with Crippen LogP contribution in [0.25, 0.3) is 0 Å². The highest BCUT2D eigenvalue weighted by molar-refractivity contribution is 9.10. The third-order valence-corrected chi connectivity index (χ3v) is 5.39. The Morgan fingerprint density at radius 2 is 1.91 bits per heavy atom. The maximum atomic E-state index is 5.29. The van der Waals surface area contributed by atoms with Crippen molar-refractivity contribution >= 4 is 21.9 Å². The Balaban J connectivity index is 1.56. The molecule has 2 N–H and O–H groups in total. The maximum absolute atomic E-state index is 5.29. The first kappa shape index (κ1) is 15.8. The number of nitrogens with one attached hydrogen (secondary N) is 2. The highest BCUT2D eigenvalue weighted by Crippen LogP contribution is 2.49. The number of halogens is 1. The van der Waals surface area contributed by atoms with Gasteiger partial charge in [0.05, 0.1) is 13.2 Å². The number of aliphatic imine (C=N–C) groups is 1. The number of benzene rings is 1. The lowest BCUT2D eigenvalue weighted by Gasteiger charge is -2.38. The first-order valence-corrected chi connectivity index (χ1v) is 8.64. The van der Waals surface area contributed by atoms with Crippen molar-refractivity contribution in [3.05, 3.63) is 34.3 Å². The summed E-state index contributed by atoms with van der Waals surface area (Å²) in [6, 6.07) is 8.53. The number of guanidine groups is 1. The van der Waals surface area contributed by atoms with Gasteiger partial charge in [-0.1, -0.05) is 41.1 Å². The molecule has 120 valence electrons. The Hall–Kier alpha value is -1.07. The average molecular weight is 366 g/mol. The maximum Gasteiger partial charge on any atom is 0.191 e. The first-order valence-electron chi connectivity index (χ1n) is 7.84. The molecule has 0 unspecified atom stereocenters. The molecule has 0 spiro atoms. The van der Waals surface area contributed by atoms with Crippen molar-refractivity contribution in [1.82, 2.24) is 10.6 Å². The van der Waals surface area contributed by atoms with Crippen molar-refractivity contribution in [2.24, 2.45) is 10.4 Å². The Morgan fingerprint density at radius 3 is 2.45 bits per heavy atom. The van der Waals surface area contributed by atoms with Crippen molar-refractivity contribution < 1.29 is 4.74 Å². The van der Waals surface area contributed by atoms with Gasteiger partial charge < -0.3 is 15.4 Å². The van der Waals surface area contributed by atoms with E-state index in [9.17, 15) is 0 Å². The molecule has 0 bridgehead atoms. The highest BCUT2D eigenvalue weighted by atomic mass is 79.9. The Kier molecular flexibility index (Phi) is 4.46. The van der Waals surface area contributed by atoms with Gasteiger partial charge in [-0.15, -0.1) is 0 Å². The zero-order valence-corrected chi connectivity index (χ0v) is 14.9. The largest absolute Gasteiger partial charge is 0.380 e. The van der Waals surface area contributed by atoms with Crippen LogP contribution in [0.3, 0.4) is 0 Å². The third kappa shape index (κ3) is 3.30. The van der Waals surface area contributed by atoms with Crippen LogP contribution in [0.4, 0.5) is 0 Å². The van der Waals surface area contributed by atoms with E-state index in [0.717, 1.165) is 32.3 Å². The van der Waals surface area contributed by atoms with Crippen molar-refractivity contribution in [3.63, 3.8) is 0 Å². The summed E-state index contributed by atoms with van der Waals surface area (Å²) in [4.78, 5) is 4.34. The van der Waals surface area contributed by atoms with Gasteiger partial charge in [-0.05, 0) is 24.5 Å². The molecule has 0 radical (unpaired) electrons. The standard InChI is InChI=1S/C17H24BrN3O/c1-16(11-22-12-16)9-20-15(19-2)21-10-17(7-8-17)13-5-3-4-6-14(13)18/h3-6H,7-12H2,1-2H3,(H2,19,20,21). The zero-order chi connectivity index (χ0) is 15.6. The Bertz CT molecular complexity index is 565. The fourth-order valence-corrected chi connectivity index (χ4v) is 3.61. The molecule has 1 saturated carbocycles. The van der Waals surface area contributed by atoms with E-state index in [4.69, 9.17) is 4.74 Å². The van der Waals surface area contributed by atoms with E-state index in [1.54, 1.807) is 0 Å². The fraction of sp³-hybridized carbons (Fsp3) is 0.588. The minimum atomic E-state index is 0.247. The van der Waals surface area contributed by atoms with Crippen LogP contribution in [0, 0.1) is 5.41 Å². The molecule has 1 aliphatic heterocycles. The van der Waals surface area contributed by atoms with E-state index in [0.29, 0.717) is 0 Å². The quantitative estimate of drug-likeness (QED) is 0.622. The van der Waals surface area contributed by atoms with Gasteiger partial charge in [0.1, 0.15) is 0 Å². The predicted octanol–water partition coefficient (Wildman–Crippen LogP) is 2.68. The average Bonchev–Trinajstić information content (AvgIpc) is 3.27. The summed E-state index contributed by atoms with van der Waals surface area (Å²) in [5, 5.41) is 6.92. The van der Waals surface area contributed by atoms with Crippen LogP contribution in [0.2, 0.25) is 0 Å². The monoisotopic (exact) mass is 365 g/mol. The summed E-state index contributed by atoms with van der Waals surface area (Å²) in [5.41, 5.74) is 1.90. The van der Waals surface area contributed by atoms with E-state index in [-0.39, 0.29) is 10.8 Å². The van der Waals surface area contributed by atoms with Crippen molar-refractivity contribution in [3.8, 4) is 0 Å². The summed E-state index contributed by atoms with van der Waals surface area (Å²) in [6.07, 6.45) is 2.45. The molecule has 1 heterocycles. The molecule has 3 rings (SSSR count). The van der Waals surface area contributed by atoms with Crippen LogP contribution in [-0.2, 0) is 10.2 Å². The van der Waals surface area contributed by atoms with Gasteiger partial charge in [0, 0.05) is 35.4 Å². The predicted molar refractivity (Wildman–Crippen MR) is 93.3 cm³/mol. The minimum Gasteiger partial charge on any atom is -0.380 e. The van der Waals surface area contributed by atoms with Crippen LogP contribution in [0.15, 0.2) is 33.7 Å². The van der Waals surface area contributed by atoms with Gasteiger partial charge in [0.15, 0.2) is 5.96 Å². The molecule has 1 aromatic carbocycles. The molecule has 0 amide bonds. The van der Waals surface area contributed by atoms with Gasteiger partial charge in [-0.2, -0.15) is 0 Å². The number of hydrogen-bond donors (Lipinski definition) is 2. The normalized spacial score (nSPS) is 21.9. The van der Waals surface area contributed by atoms with E-state index in [1.807, 2.05) is 7.05 Å². The first-order chi connectivity index (χ1) is 10.6. The van der Waals surface area contributed by atoms with E-state index in [1.165, 1.54) is 22.9 Å². The molecule has 0 atom stereocenters. The second-order valence-electron chi connectivity index (χ2n) is 6.84. The minimum absolute atomic E-state index is 0.247. The third-order valence-electron chi connectivity index (χ3n) is 4.70. The number of hydrogen-bond acceptors (Lipinski definition) is 2. The molecule has 1 aliphatic carbocycles. The number of nitrogens with zero attached hydrogens (tertiary/aromatic N) is 1. The van der Waals surface area contributed by atoms with Crippen LogP contribution < -0.4 is 10.6 Å². The number of ether oxygens (including phenoxy) is 1. The summed E-state index contributed by atoms with van der Waals surface area (Å²) in [6.45, 7) is 5.72. The second kappa shape index (κ2) is 6.20. The van der Waals surface area contributed by atoms with Gasteiger partial charge in [0.2, 0.25) is 0 Å². The molecule has 4 nitrogen and oxygen atoms in total. The summed E-state index contributed by atoms with van der Waals surface area (Å²) < 4.78 is 6.50. The van der Waals surface area contributed by atoms with Crippen LogP contribution in [-0.4, -0.2) is 39.3 Å². The van der Waals surface area contributed by atoms with E-state index < -0.39 is 0 Å². The van der Waals surface area contributed by atoms with Crippen LogP contribution >= 0.6 is 15.9 Å². The van der Waals surface area contributed by atoms with Crippen molar-refractivity contribution in [2.75, 3.05) is 33.4 Å². The van der Waals surface area contributed by atoms with Crippen molar-refractivity contribution in [2.45, 2.75) is 25.2 Å². The zero-order valence-electron chi connectivity index (χ0n) is 13.3. The Labute approximate surface area is 140 Å². The molecule has 2 fully saturated rings. The summed E-state index contributed by atoms with van der Waals surface area (Å²) >= 11 is 3.68. The lowest BCUT2D eigenvalue weighted by molar-refractivity contribution is -0.0971. The molecule has 22 heavy (non-hydrogen) atoms. The van der Waals surface area contributed by atoms with Gasteiger partial charge in [-0.25, -0.2) is 0 Å². The van der Waals surface area contributed by atoms with E-state index >= 15 is 0 Å². The molecule has 0 aromatic heterocycles. The van der Waals surface area contributed by atoms with Gasteiger partial charge in [0.25, 0.3) is 0 Å². The second-order valence-corrected chi connectivity index (χ2v) is 7.70. The van der Waals surface area contributed by atoms with Gasteiger partial charge in [-0.3, -0.25) is 4.99 Å². The summed E-state index contributed by atoms with van der Waals surface area (Å²) in [7, 11) is 1.83. The number of rotatable bonds is 5. The molecule has 1 aromatic rings. The van der Waals surface area contributed by atoms with Crippen LogP contribution in [0.5, 0.6) is 0 Å². The highest BCUT2D eigenvalue weighted by Gasteiger charge is 2.45. The van der Waals surface area contributed by atoms with E-state index in [2.05, 4.69) is 62.7 Å². The molecule has 2 aliphatic rings. The smallest absolute Gasteiger partial charge is 0.191 e.